The molecule has 0 aliphatic carbocycles. The Balaban J connectivity index is 1.63. The Labute approximate surface area is 179 Å². The molecule has 2 aromatic heterocycles. The van der Waals surface area contributed by atoms with Gasteiger partial charge in [-0.2, -0.15) is 18.3 Å². The standard InChI is InChI=1S/C22H16F3N3O2S/c23-22(24,25)17-5-1-3-14(9-17)10-18-11-15-4-2-6-19(20(15)31-18)28-13-16(12-27-28)21(30)26-7-8-29/h1-6,8-9,11-13H,7,10H2,(H,26,30). The summed E-state index contributed by atoms with van der Waals surface area (Å²) in [5.41, 5.74) is 0.992. The zero-order chi connectivity index (χ0) is 22.0. The van der Waals surface area contributed by atoms with Gasteiger partial charge in [-0.3, -0.25) is 4.79 Å². The molecule has 0 radical (unpaired) electrons. The fourth-order valence-electron chi connectivity index (χ4n) is 3.24. The van der Waals surface area contributed by atoms with Crippen LogP contribution in [-0.2, 0) is 17.4 Å². The second kappa shape index (κ2) is 8.35. The van der Waals surface area contributed by atoms with Crippen LogP contribution in [0.25, 0.3) is 15.8 Å². The molecule has 0 saturated heterocycles. The molecule has 4 aromatic rings. The largest absolute Gasteiger partial charge is 0.416 e. The first-order valence-electron chi connectivity index (χ1n) is 9.29. The number of aldehydes is 1. The third kappa shape index (κ3) is 4.51. The molecule has 0 unspecified atom stereocenters. The van der Waals surface area contributed by atoms with Crippen molar-refractivity contribution in [3.8, 4) is 5.69 Å². The average Bonchev–Trinajstić information content (AvgIpc) is 3.38. The van der Waals surface area contributed by atoms with Crippen LogP contribution in [0.2, 0.25) is 0 Å². The van der Waals surface area contributed by atoms with Gasteiger partial charge in [0.15, 0.2) is 0 Å². The molecule has 31 heavy (non-hydrogen) atoms. The van der Waals surface area contributed by atoms with Crippen molar-refractivity contribution in [3.63, 3.8) is 0 Å². The minimum absolute atomic E-state index is 0.0799. The van der Waals surface area contributed by atoms with Gasteiger partial charge in [0.25, 0.3) is 5.91 Å². The second-order valence-electron chi connectivity index (χ2n) is 6.83. The molecule has 0 bridgehead atoms. The summed E-state index contributed by atoms with van der Waals surface area (Å²) in [6.45, 7) is -0.0799. The number of hydrogen-bond donors (Lipinski definition) is 1. The van der Waals surface area contributed by atoms with Crippen molar-refractivity contribution in [2.45, 2.75) is 12.6 Å². The SMILES string of the molecule is O=CCNC(=O)c1cnn(-c2cccc3cc(Cc4cccc(C(F)(F)F)c4)sc23)c1. The van der Waals surface area contributed by atoms with E-state index in [0.717, 1.165) is 26.7 Å². The normalized spacial score (nSPS) is 11.6. The van der Waals surface area contributed by atoms with Gasteiger partial charge >= 0.3 is 6.18 Å². The first kappa shape index (κ1) is 20.8. The number of benzene rings is 2. The van der Waals surface area contributed by atoms with E-state index in [1.165, 1.54) is 29.7 Å². The van der Waals surface area contributed by atoms with Crippen LogP contribution in [0.5, 0.6) is 0 Å². The number of fused-ring (bicyclic) bond motifs is 1. The molecular weight excluding hydrogens is 427 g/mol. The van der Waals surface area contributed by atoms with Gasteiger partial charge in [-0.15, -0.1) is 11.3 Å². The van der Waals surface area contributed by atoms with E-state index in [1.807, 2.05) is 24.3 Å². The van der Waals surface area contributed by atoms with E-state index in [4.69, 9.17) is 0 Å². The highest BCUT2D eigenvalue weighted by atomic mass is 32.1. The van der Waals surface area contributed by atoms with E-state index < -0.39 is 17.6 Å². The number of rotatable bonds is 6. The van der Waals surface area contributed by atoms with Gasteiger partial charge in [-0.25, -0.2) is 4.68 Å². The van der Waals surface area contributed by atoms with E-state index in [1.54, 1.807) is 16.9 Å². The van der Waals surface area contributed by atoms with Crippen molar-refractivity contribution in [1.29, 1.82) is 0 Å². The molecule has 4 rings (SSSR count). The van der Waals surface area contributed by atoms with Crippen molar-refractivity contribution in [2.75, 3.05) is 6.54 Å². The van der Waals surface area contributed by atoms with Gasteiger partial charge in [0.1, 0.15) is 6.29 Å². The van der Waals surface area contributed by atoms with Crippen LogP contribution in [0, 0.1) is 0 Å². The van der Waals surface area contributed by atoms with Gasteiger partial charge in [-0.05, 0) is 29.1 Å². The lowest BCUT2D eigenvalue weighted by atomic mass is 10.1. The number of aromatic nitrogens is 2. The lowest BCUT2D eigenvalue weighted by Crippen LogP contribution is -2.24. The van der Waals surface area contributed by atoms with Gasteiger partial charge in [-0.1, -0.05) is 30.3 Å². The van der Waals surface area contributed by atoms with Crippen LogP contribution in [0.4, 0.5) is 13.2 Å². The molecule has 0 atom stereocenters. The number of nitrogens with one attached hydrogen (secondary N) is 1. The highest BCUT2D eigenvalue weighted by molar-refractivity contribution is 7.19. The van der Waals surface area contributed by atoms with Crippen LogP contribution in [0.1, 0.15) is 26.4 Å². The number of amides is 1. The quantitative estimate of drug-likeness (QED) is 0.442. The fourth-order valence-corrected chi connectivity index (χ4v) is 4.43. The summed E-state index contributed by atoms with van der Waals surface area (Å²) >= 11 is 1.47. The van der Waals surface area contributed by atoms with Crippen LogP contribution in [0.15, 0.2) is 60.9 Å². The van der Waals surface area contributed by atoms with Crippen molar-refractivity contribution < 1.29 is 22.8 Å². The molecule has 0 aliphatic rings. The molecule has 158 valence electrons. The third-order valence-electron chi connectivity index (χ3n) is 4.64. The summed E-state index contributed by atoms with van der Waals surface area (Å²) in [5.74, 6) is -0.401. The van der Waals surface area contributed by atoms with Crippen molar-refractivity contribution in [2.24, 2.45) is 0 Å². The minimum Gasteiger partial charge on any atom is -0.345 e. The van der Waals surface area contributed by atoms with E-state index in [-0.39, 0.29) is 6.54 Å². The van der Waals surface area contributed by atoms with E-state index in [9.17, 15) is 22.8 Å². The van der Waals surface area contributed by atoms with Crippen LogP contribution in [0.3, 0.4) is 0 Å². The summed E-state index contributed by atoms with van der Waals surface area (Å²) in [5, 5.41) is 7.64. The van der Waals surface area contributed by atoms with Gasteiger partial charge < -0.3 is 10.1 Å². The Morgan fingerprint density at radius 3 is 2.74 bits per heavy atom. The molecule has 0 spiro atoms. The van der Waals surface area contributed by atoms with Crippen LogP contribution in [-0.4, -0.2) is 28.5 Å². The molecule has 1 N–H and O–H groups in total. The minimum atomic E-state index is -4.38. The van der Waals surface area contributed by atoms with Crippen molar-refractivity contribution >= 4 is 33.6 Å². The Morgan fingerprint density at radius 1 is 1.16 bits per heavy atom. The molecular formula is C22H16F3N3O2S. The zero-order valence-electron chi connectivity index (χ0n) is 16.0. The molecule has 0 saturated carbocycles. The molecule has 2 aromatic carbocycles. The number of nitrogens with zero attached hydrogens (tertiary/aromatic N) is 2. The Kier molecular flexibility index (Phi) is 5.60. The van der Waals surface area contributed by atoms with E-state index in [2.05, 4.69) is 10.4 Å². The lowest BCUT2D eigenvalue weighted by molar-refractivity contribution is -0.137. The molecule has 1 amide bonds. The highest BCUT2D eigenvalue weighted by Crippen LogP contribution is 2.34. The molecule has 0 fully saturated rings. The topological polar surface area (TPSA) is 64.0 Å². The summed E-state index contributed by atoms with van der Waals surface area (Å²) in [6.07, 6.45) is -0.418. The Morgan fingerprint density at radius 2 is 1.97 bits per heavy atom. The average molecular weight is 443 g/mol. The second-order valence-corrected chi connectivity index (χ2v) is 7.97. The maximum absolute atomic E-state index is 13.0. The molecule has 2 heterocycles. The maximum atomic E-state index is 13.0. The molecule has 0 aliphatic heterocycles. The van der Waals surface area contributed by atoms with Gasteiger partial charge in [0.05, 0.1) is 34.3 Å². The van der Waals surface area contributed by atoms with Crippen LogP contribution < -0.4 is 5.32 Å². The molecule has 5 nitrogen and oxygen atoms in total. The summed E-state index contributed by atoms with van der Waals surface area (Å²) in [7, 11) is 0. The fraction of sp³-hybridized carbons (Fsp3) is 0.136. The predicted octanol–water partition coefficient (Wildman–Crippen LogP) is 4.63. The highest BCUT2D eigenvalue weighted by Gasteiger charge is 2.30. The zero-order valence-corrected chi connectivity index (χ0v) is 16.8. The first-order chi connectivity index (χ1) is 14.8. The smallest absolute Gasteiger partial charge is 0.345 e. The number of halogens is 3. The van der Waals surface area contributed by atoms with Gasteiger partial charge in [0.2, 0.25) is 0 Å². The van der Waals surface area contributed by atoms with Crippen LogP contribution >= 0.6 is 11.3 Å². The first-order valence-corrected chi connectivity index (χ1v) is 10.1. The monoisotopic (exact) mass is 443 g/mol. The van der Waals surface area contributed by atoms with E-state index in [0.29, 0.717) is 23.8 Å². The van der Waals surface area contributed by atoms with Gasteiger partial charge in [0, 0.05) is 17.5 Å². The van der Waals surface area contributed by atoms with E-state index >= 15 is 0 Å². The summed E-state index contributed by atoms with van der Waals surface area (Å²) in [6, 6.07) is 12.9. The number of thiophene rings is 1. The Bertz CT molecular complexity index is 1260. The predicted molar refractivity (Wildman–Crippen MR) is 112 cm³/mol. The number of carbonyl (C=O) groups is 2. The maximum Gasteiger partial charge on any atom is 0.416 e. The summed E-state index contributed by atoms with van der Waals surface area (Å²) < 4.78 is 41.4. The summed E-state index contributed by atoms with van der Waals surface area (Å²) in [4.78, 5) is 23.4. The number of alkyl halides is 3. The number of carbonyl (C=O) groups excluding carboxylic acids is 2. The third-order valence-corrected chi connectivity index (χ3v) is 5.82. The molecule has 9 heteroatoms. The lowest BCUT2D eigenvalue weighted by Gasteiger charge is -2.08. The Hall–Kier alpha value is -3.46. The number of hydrogen-bond acceptors (Lipinski definition) is 4. The van der Waals surface area contributed by atoms with Crippen molar-refractivity contribution in [3.05, 3.63) is 82.5 Å². The van der Waals surface area contributed by atoms with Crippen molar-refractivity contribution in [1.82, 2.24) is 15.1 Å².